The van der Waals surface area contributed by atoms with E-state index in [-0.39, 0.29) is 12.4 Å². The second kappa shape index (κ2) is 4.64. The van der Waals surface area contributed by atoms with Crippen LogP contribution in [0.2, 0.25) is 0 Å². The third kappa shape index (κ3) is 1.70. The predicted octanol–water partition coefficient (Wildman–Crippen LogP) is -2.08. The van der Waals surface area contributed by atoms with E-state index in [0.29, 0.717) is 0 Å². The fourth-order valence-electron chi connectivity index (χ4n) is 3.27. The van der Waals surface area contributed by atoms with E-state index in [0.717, 1.165) is 17.6 Å². The summed E-state index contributed by atoms with van der Waals surface area (Å²) in [5, 5.41) is 2.46. The fourth-order valence-corrected chi connectivity index (χ4v) is 3.27. The van der Waals surface area contributed by atoms with Gasteiger partial charge in [-0.15, -0.1) is 0 Å². The van der Waals surface area contributed by atoms with Crippen LogP contribution in [0.4, 0.5) is 0 Å². The first-order valence-electron chi connectivity index (χ1n) is 5.87. The Labute approximate surface area is 103 Å². The Balaban J connectivity index is 0.000000963. The van der Waals surface area contributed by atoms with Crippen LogP contribution in [0.15, 0.2) is 18.2 Å². The molecule has 1 aromatic carbocycles. The molecule has 0 spiro atoms. The Morgan fingerprint density at radius 3 is 3.00 bits per heavy atom. The number of quaternary nitrogens is 1. The molecule has 0 amide bonds. The van der Waals surface area contributed by atoms with Crippen LogP contribution in [0.1, 0.15) is 23.5 Å². The molecule has 0 saturated carbocycles. The minimum absolute atomic E-state index is 0. The molecule has 1 aliphatic heterocycles. The third-order valence-electron chi connectivity index (χ3n) is 4.01. The number of rotatable bonds is 1. The zero-order valence-electron chi connectivity index (χ0n) is 9.58. The van der Waals surface area contributed by atoms with Gasteiger partial charge in [0.25, 0.3) is 0 Å². The molecule has 0 radical (unpaired) electrons. The molecular formula is C13H18ClNO. The standard InChI is InChI=1S/C13H17NO.ClH/c1-15-13-4-2-3-10-11(13)6-5-9-7-14-8-12(9)10;/h2-4,9,12,14H,5-8H2,1H3;1H/t9-,12+;/m1./s1. The Hall–Kier alpha value is -0.730. The fraction of sp³-hybridized carbons (Fsp3) is 0.538. The van der Waals surface area contributed by atoms with Crippen molar-refractivity contribution in [1.82, 2.24) is 0 Å². The van der Waals surface area contributed by atoms with Crippen molar-refractivity contribution in [3.05, 3.63) is 29.3 Å². The molecule has 2 N–H and O–H groups in total. The number of nitrogens with two attached hydrogens (primary N) is 1. The number of ether oxygens (including phenoxy) is 1. The summed E-state index contributed by atoms with van der Waals surface area (Å²) in [7, 11) is 1.78. The van der Waals surface area contributed by atoms with Crippen molar-refractivity contribution in [3.63, 3.8) is 0 Å². The highest BCUT2D eigenvalue weighted by atomic mass is 35.5. The molecular weight excluding hydrogens is 222 g/mol. The molecule has 3 heteroatoms. The summed E-state index contributed by atoms with van der Waals surface area (Å²) in [5.74, 6) is 2.78. The van der Waals surface area contributed by atoms with Crippen LogP contribution in [0.5, 0.6) is 5.75 Å². The first-order chi connectivity index (χ1) is 7.40. The highest BCUT2D eigenvalue weighted by Gasteiger charge is 2.36. The van der Waals surface area contributed by atoms with Gasteiger partial charge in [-0.3, -0.25) is 0 Å². The lowest BCUT2D eigenvalue weighted by atomic mass is 9.77. The second-order valence-electron chi connectivity index (χ2n) is 4.69. The van der Waals surface area contributed by atoms with Crippen molar-refractivity contribution in [2.75, 3.05) is 20.2 Å². The normalized spacial score (nSPS) is 26.6. The van der Waals surface area contributed by atoms with E-state index < -0.39 is 0 Å². The van der Waals surface area contributed by atoms with Gasteiger partial charge in [-0.25, -0.2) is 0 Å². The molecule has 0 aromatic heterocycles. The van der Waals surface area contributed by atoms with Gasteiger partial charge in [-0.1, -0.05) is 12.1 Å². The Morgan fingerprint density at radius 1 is 1.31 bits per heavy atom. The van der Waals surface area contributed by atoms with Crippen molar-refractivity contribution in [1.29, 1.82) is 0 Å². The summed E-state index contributed by atoms with van der Waals surface area (Å²) in [6.07, 6.45) is 2.54. The monoisotopic (exact) mass is 239 g/mol. The minimum atomic E-state index is 0. The molecule has 1 heterocycles. The van der Waals surface area contributed by atoms with Gasteiger partial charge in [0.1, 0.15) is 5.75 Å². The molecule has 1 saturated heterocycles. The van der Waals surface area contributed by atoms with E-state index in [1.54, 1.807) is 12.7 Å². The maximum atomic E-state index is 5.45. The van der Waals surface area contributed by atoms with E-state index in [1.807, 2.05) is 0 Å². The van der Waals surface area contributed by atoms with Gasteiger partial charge in [0.2, 0.25) is 0 Å². The van der Waals surface area contributed by atoms with Crippen molar-refractivity contribution < 1.29 is 22.5 Å². The highest BCUT2D eigenvalue weighted by molar-refractivity contribution is 5.44. The summed E-state index contributed by atoms with van der Waals surface area (Å²) in [4.78, 5) is 0. The van der Waals surface area contributed by atoms with Gasteiger partial charge in [0, 0.05) is 11.8 Å². The number of halogens is 1. The van der Waals surface area contributed by atoms with E-state index in [2.05, 4.69) is 23.5 Å². The topological polar surface area (TPSA) is 25.8 Å². The van der Waals surface area contributed by atoms with Gasteiger partial charge >= 0.3 is 0 Å². The number of methoxy groups -OCH3 is 1. The summed E-state index contributed by atoms with van der Waals surface area (Å²) in [6.45, 7) is 2.59. The molecule has 3 rings (SSSR count). The lowest BCUT2D eigenvalue weighted by Crippen LogP contribution is -3.00. The number of fused-ring (bicyclic) bond motifs is 3. The molecule has 2 nitrogen and oxygen atoms in total. The number of hydrogen-bond donors (Lipinski definition) is 1. The Kier molecular flexibility index (Phi) is 3.41. The molecule has 2 atom stereocenters. The van der Waals surface area contributed by atoms with E-state index in [1.165, 1.54) is 31.5 Å². The lowest BCUT2D eigenvalue weighted by molar-refractivity contribution is -0.638. The molecule has 88 valence electrons. The first kappa shape index (κ1) is 11.7. The number of hydrogen-bond acceptors (Lipinski definition) is 1. The van der Waals surface area contributed by atoms with Crippen molar-refractivity contribution in [2.24, 2.45) is 5.92 Å². The van der Waals surface area contributed by atoms with Gasteiger partial charge in [0.05, 0.1) is 20.2 Å². The van der Waals surface area contributed by atoms with Gasteiger partial charge in [-0.05, 0) is 30.0 Å². The van der Waals surface area contributed by atoms with Crippen LogP contribution < -0.4 is 22.5 Å². The second-order valence-corrected chi connectivity index (χ2v) is 4.69. The van der Waals surface area contributed by atoms with Gasteiger partial charge < -0.3 is 22.5 Å². The highest BCUT2D eigenvalue weighted by Crippen LogP contribution is 2.40. The summed E-state index contributed by atoms with van der Waals surface area (Å²) < 4.78 is 5.45. The van der Waals surface area contributed by atoms with Gasteiger partial charge in [-0.2, -0.15) is 0 Å². The van der Waals surface area contributed by atoms with E-state index in [9.17, 15) is 0 Å². The average molecular weight is 240 g/mol. The van der Waals surface area contributed by atoms with Crippen LogP contribution in [-0.4, -0.2) is 20.2 Å². The largest absolute Gasteiger partial charge is 1.00 e. The van der Waals surface area contributed by atoms with Crippen LogP contribution >= 0.6 is 0 Å². The third-order valence-corrected chi connectivity index (χ3v) is 4.01. The van der Waals surface area contributed by atoms with Crippen LogP contribution in [0, 0.1) is 5.92 Å². The summed E-state index contributed by atoms with van der Waals surface area (Å²) in [6, 6.07) is 6.53. The van der Waals surface area contributed by atoms with Crippen molar-refractivity contribution in [3.8, 4) is 5.75 Å². The smallest absolute Gasteiger partial charge is 0.122 e. The number of benzene rings is 1. The predicted molar refractivity (Wildman–Crippen MR) is 59.2 cm³/mol. The minimum Gasteiger partial charge on any atom is -1.00 e. The SMILES string of the molecule is COc1cccc2c1CC[C@@H]1C[NH2+]C[C@H]21.[Cl-]. The van der Waals surface area contributed by atoms with Crippen LogP contribution in [0.25, 0.3) is 0 Å². The average Bonchev–Trinajstić information content (AvgIpc) is 2.76. The zero-order valence-corrected chi connectivity index (χ0v) is 10.3. The quantitative estimate of drug-likeness (QED) is 0.599. The molecule has 1 aromatic rings. The van der Waals surface area contributed by atoms with Crippen molar-refractivity contribution in [2.45, 2.75) is 18.8 Å². The molecule has 16 heavy (non-hydrogen) atoms. The molecule has 1 aliphatic carbocycles. The Morgan fingerprint density at radius 2 is 2.19 bits per heavy atom. The maximum absolute atomic E-state index is 5.45. The Bertz CT molecular complexity index is 380. The van der Waals surface area contributed by atoms with Gasteiger partial charge in [0.15, 0.2) is 0 Å². The molecule has 0 bridgehead atoms. The van der Waals surface area contributed by atoms with E-state index in [4.69, 9.17) is 4.74 Å². The zero-order chi connectivity index (χ0) is 10.3. The van der Waals surface area contributed by atoms with E-state index >= 15 is 0 Å². The van der Waals surface area contributed by atoms with Crippen molar-refractivity contribution >= 4 is 0 Å². The molecule has 1 fully saturated rings. The molecule has 2 aliphatic rings. The summed E-state index contributed by atoms with van der Waals surface area (Å²) in [5.41, 5.74) is 3.02. The van der Waals surface area contributed by atoms with Crippen LogP contribution in [-0.2, 0) is 6.42 Å². The lowest BCUT2D eigenvalue weighted by Gasteiger charge is -2.26. The molecule has 0 unspecified atom stereocenters. The maximum Gasteiger partial charge on any atom is 0.122 e. The van der Waals surface area contributed by atoms with Crippen LogP contribution in [0.3, 0.4) is 0 Å². The summed E-state index contributed by atoms with van der Waals surface area (Å²) >= 11 is 0. The first-order valence-corrected chi connectivity index (χ1v) is 5.87.